The van der Waals surface area contributed by atoms with Gasteiger partial charge in [-0.2, -0.15) is 5.26 Å². The first kappa shape index (κ1) is 15.8. The Morgan fingerprint density at radius 1 is 1.00 bits per heavy atom. The van der Waals surface area contributed by atoms with Crippen LogP contribution in [-0.4, -0.2) is 37.1 Å². The predicted molar refractivity (Wildman–Crippen MR) is 90.4 cm³/mol. The molecule has 1 aliphatic rings. The van der Waals surface area contributed by atoms with Gasteiger partial charge < -0.3 is 15.1 Å². The molecule has 2 amide bonds. The molecule has 5 nitrogen and oxygen atoms in total. The number of piperazine rings is 1. The van der Waals surface area contributed by atoms with Gasteiger partial charge in [-0.25, -0.2) is 9.18 Å². The minimum absolute atomic E-state index is 0.180. The minimum Gasteiger partial charge on any atom is -0.368 e. The van der Waals surface area contributed by atoms with Crippen molar-refractivity contribution in [3.05, 3.63) is 59.9 Å². The Labute approximate surface area is 139 Å². The number of anilines is 2. The van der Waals surface area contributed by atoms with Crippen LogP contribution in [0.2, 0.25) is 0 Å². The lowest BCUT2D eigenvalue weighted by Crippen LogP contribution is -2.50. The number of hydrogen-bond donors (Lipinski definition) is 1. The van der Waals surface area contributed by atoms with E-state index in [-0.39, 0.29) is 11.8 Å². The van der Waals surface area contributed by atoms with Crippen LogP contribution < -0.4 is 10.2 Å². The van der Waals surface area contributed by atoms with Gasteiger partial charge in [0.05, 0.1) is 11.6 Å². The topological polar surface area (TPSA) is 59.4 Å². The zero-order chi connectivity index (χ0) is 16.9. The van der Waals surface area contributed by atoms with Gasteiger partial charge in [-0.05, 0) is 48.5 Å². The van der Waals surface area contributed by atoms with Crippen molar-refractivity contribution in [2.24, 2.45) is 0 Å². The number of amides is 2. The Morgan fingerprint density at radius 3 is 2.21 bits per heavy atom. The van der Waals surface area contributed by atoms with E-state index in [4.69, 9.17) is 5.26 Å². The molecular weight excluding hydrogens is 307 g/mol. The predicted octanol–water partition coefficient (Wildman–Crippen LogP) is 3.05. The second-order valence-corrected chi connectivity index (χ2v) is 5.57. The van der Waals surface area contributed by atoms with Crippen molar-refractivity contribution in [3.63, 3.8) is 0 Å². The summed E-state index contributed by atoms with van der Waals surface area (Å²) in [4.78, 5) is 16.2. The maximum absolute atomic E-state index is 12.9. The molecule has 0 unspecified atom stereocenters. The van der Waals surface area contributed by atoms with Gasteiger partial charge >= 0.3 is 6.03 Å². The minimum atomic E-state index is -0.330. The number of halogens is 1. The summed E-state index contributed by atoms with van der Waals surface area (Å²) in [5.74, 6) is -0.330. The van der Waals surface area contributed by atoms with Crippen LogP contribution in [0.3, 0.4) is 0 Å². The van der Waals surface area contributed by atoms with Gasteiger partial charge in [0.15, 0.2) is 0 Å². The SMILES string of the molecule is N#Cc1ccc(N2CCN(C(=O)Nc3ccc(F)cc3)CC2)cc1. The Bertz CT molecular complexity index is 744. The summed E-state index contributed by atoms with van der Waals surface area (Å²) in [7, 11) is 0. The summed E-state index contributed by atoms with van der Waals surface area (Å²) in [6.45, 7) is 2.66. The average Bonchev–Trinajstić information content (AvgIpc) is 2.64. The summed E-state index contributed by atoms with van der Waals surface area (Å²) in [6, 6.07) is 15.1. The van der Waals surface area contributed by atoms with Crippen LogP contribution in [0.25, 0.3) is 0 Å². The molecule has 6 heteroatoms. The van der Waals surface area contributed by atoms with E-state index in [1.54, 1.807) is 29.2 Å². The zero-order valence-electron chi connectivity index (χ0n) is 13.1. The molecule has 1 saturated heterocycles. The van der Waals surface area contributed by atoms with Gasteiger partial charge in [-0.1, -0.05) is 0 Å². The van der Waals surface area contributed by atoms with E-state index in [0.717, 1.165) is 18.8 Å². The van der Waals surface area contributed by atoms with Crippen LogP contribution in [0.1, 0.15) is 5.56 Å². The number of carbonyl (C=O) groups excluding carboxylic acids is 1. The van der Waals surface area contributed by atoms with E-state index in [1.807, 2.05) is 12.1 Å². The smallest absolute Gasteiger partial charge is 0.321 e. The molecule has 2 aromatic rings. The van der Waals surface area contributed by atoms with E-state index in [1.165, 1.54) is 12.1 Å². The fourth-order valence-corrected chi connectivity index (χ4v) is 2.65. The lowest BCUT2D eigenvalue weighted by atomic mass is 10.2. The van der Waals surface area contributed by atoms with Crippen LogP contribution in [0.4, 0.5) is 20.6 Å². The van der Waals surface area contributed by atoms with Crippen LogP contribution in [0.15, 0.2) is 48.5 Å². The van der Waals surface area contributed by atoms with Gasteiger partial charge in [0.1, 0.15) is 5.82 Å². The lowest BCUT2D eigenvalue weighted by Gasteiger charge is -2.36. The molecule has 3 rings (SSSR count). The molecule has 2 aromatic carbocycles. The third-order valence-electron chi connectivity index (χ3n) is 4.02. The highest BCUT2D eigenvalue weighted by atomic mass is 19.1. The fraction of sp³-hybridized carbons (Fsp3) is 0.222. The Hall–Kier alpha value is -3.07. The summed E-state index contributed by atoms with van der Waals surface area (Å²) in [5.41, 5.74) is 2.26. The highest BCUT2D eigenvalue weighted by molar-refractivity contribution is 5.89. The molecule has 0 saturated carbocycles. The molecule has 1 fully saturated rings. The van der Waals surface area contributed by atoms with Gasteiger partial charge in [0, 0.05) is 37.6 Å². The quantitative estimate of drug-likeness (QED) is 0.923. The van der Waals surface area contributed by atoms with E-state index in [9.17, 15) is 9.18 Å². The third-order valence-corrected chi connectivity index (χ3v) is 4.02. The second-order valence-electron chi connectivity index (χ2n) is 5.57. The van der Waals surface area contributed by atoms with Crippen molar-refractivity contribution in [2.45, 2.75) is 0 Å². The number of nitrogens with zero attached hydrogens (tertiary/aromatic N) is 3. The average molecular weight is 324 g/mol. The van der Waals surface area contributed by atoms with Crippen molar-refractivity contribution in [2.75, 3.05) is 36.4 Å². The van der Waals surface area contributed by atoms with Crippen LogP contribution >= 0.6 is 0 Å². The van der Waals surface area contributed by atoms with Gasteiger partial charge in [-0.15, -0.1) is 0 Å². The highest BCUT2D eigenvalue weighted by Crippen LogP contribution is 2.18. The standard InChI is InChI=1S/C18H17FN4O/c19-15-3-5-16(6-4-15)21-18(24)23-11-9-22(10-12-23)17-7-1-14(13-20)2-8-17/h1-8H,9-12H2,(H,21,24). The number of benzene rings is 2. The number of carbonyl (C=O) groups is 1. The largest absolute Gasteiger partial charge is 0.368 e. The van der Waals surface area contributed by atoms with Crippen LogP contribution in [0, 0.1) is 17.1 Å². The number of nitriles is 1. The molecule has 0 radical (unpaired) electrons. The molecular formula is C18H17FN4O. The first-order valence-corrected chi connectivity index (χ1v) is 7.72. The van der Waals surface area contributed by atoms with E-state index < -0.39 is 0 Å². The second kappa shape index (κ2) is 7.01. The third kappa shape index (κ3) is 3.63. The maximum atomic E-state index is 12.9. The lowest BCUT2D eigenvalue weighted by molar-refractivity contribution is 0.208. The molecule has 1 heterocycles. The molecule has 0 spiro atoms. The molecule has 1 aliphatic heterocycles. The monoisotopic (exact) mass is 324 g/mol. The molecule has 1 N–H and O–H groups in total. The van der Waals surface area contributed by atoms with E-state index >= 15 is 0 Å². The van der Waals surface area contributed by atoms with Crippen LogP contribution in [0.5, 0.6) is 0 Å². The Morgan fingerprint density at radius 2 is 1.62 bits per heavy atom. The zero-order valence-corrected chi connectivity index (χ0v) is 13.1. The molecule has 0 aliphatic carbocycles. The molecule has 0 atom stereocenters. The normalized spacial score (nSPS) is 14.2. The molecule has 0 bridgehead atoms. The van der Waals surface area contributed by atoms with Crippen molar-refractivity contribution in [1.82, 2.24) is 4.90 Å². The van der Waals surface area contributed by atoms with Crippen molar-refractivity contribution >= 4 is 17.4 Å². The summed E-state index contributed by atoms with van der Waals surface area (Å²) < 4.78 is 12.9. The molecule has 0 aromatic heterocycles. The Balaban J connectivity index is 1.55. The first-order chi connectivity index (χ1) is 11.7. The molecule has 24 heavy (non-hydrogen) atoms. The van der Waals surface area contributed by atoms with E-state index in [0.29, 0.717) is 24.3 Å². The maximum Gasteiger partial charge on any atom is 0.321 e. The Kier molecular flexibility index (Phi) is 4.62. The summed E-state index contributed by atoms with van der Waals surface area (Å²) in [6.07, 6.45) is 0. The first-order valence-electron chi connectivity index (χ1n) is 7.72. The van der Waals surface area contributed by atoms with Crippen molar-refractivity contribution in [1.29, 1.82) is 5.26 Å². The van der Waals surface area contributed by atoms with Gasteiger partial charge in [-0.3, -0.25) is 0 Å². The van der Waals surface area contributed by atoms with Crippen LogP contribution in [-0.2, 0) is 0 Å². The fourth-order valence-electron chi connectivity index (χ4n) is 2.65. The molecule has 122 valence electrons. The van der Waals surface area contributed by atoms with Crippen molar-refractivity contribution in [3.8, 4) is 6.07 Å². The number of urea groups is 1. The van der Waals surface area contributed by atoms with Gasteiger partial charge in [0.2, 0.25) is 0 Å². The van der Waals surface area contributed by atoms with Crippen molar-refractivity contribution < 1.29 is 9.18 Å². The number of hydrogen-bond acceptors (Lipinski definition) is 3. The summed E-state index contributed by atoms with van der Waals surface area (Å²) >= 11 is 0. The van der Waals surface area contributed by atoms with E-state index in [2.05, 4.69) is 16.3 Å². The van der Waals surface area contributed by atoms with Gasteiger partial charge in [0.25, 0.3) is 0 Å². The number of rotatable bonds is 2. The highest BCUT2D eigenvalue weighted by Gasteiger charge is 2.21. The number of nitrogens with one attached hydrogen (secondary N) is 1. The summed E-state index contributed by atoms with van der Waals surface area (Å²) in [5, 5.41) is 11.6.